The van der Waals surface area contributed by atoms with Crippen molar-refractivity contribution in [3.63, 3.8) is 0 Å². The highest BCUT2D eigenvalue weighted by Crippen LogP contribution is 2.50. The number of hydrogen-bond acceptors (Lipinski definition) is 1. The summed E-state index contributed by atoms with van der Waals surface area (Å²) >= 11 is 0. The molecule has 3 aromatic carbocycles. The first-order chi connectivity index (χ1) is 13.9. The normalized spacial score (nSPS) is 14.9. The molecule has 4 rings (SSSR count). The molecular weight excluding hydrogens is 362 g/mol. The molecule has 0 aliphatic heterocycles. The van der Waals surface area contributed by atoms with Gasteiger partial charge in [0.05, 0.1) is 0 Å². The fourth-order valence-corrected chi connectivity index (χ4v) is 4.87. The quantitative estimate of drug-likeness (QED) is 0.421. The summed E-state index contributed by atoms with van der Waals surface area (Å²) in [6, 6.07) is 25.0. The van der Waals surface area contributed by atoms with Crippen molar-refractivity contribution in [2.75, 3.05) is 4.90 Å². The number of nitrogens with zero attached hydrogens (tertiary/aromatic N) is 1. The van der Waals surface area contributed by atoms with Crippen LogP contribution in [0.4, 0.5) is 11.4 Å². The van der Waals surface area contributed by atoms with E-state index in [2.05, 4.69) is 127 Å². The first kappa shape index (κ1) is 20.7. The van der Waals surface area contributed by atoms with Crippen molar-refractivity contribution in [2.24, 2.45) is 0 Å². The second-order valence-electron chi connectivity index (χ2n) is 11.2. The van der Waals surface area contributed by atoms with Crippen LogP contribution in [0.25, 0.3) is 11.1 Å². The Hall–Kier alpha value is -2.54. The van der Waals surface area contributed by atoms with Gasteiger partial charge in [-0.05, 0) is 78.3 Å². The minimum atomic E-state index is -0.0346. The maximum atomic E-state index is 2.47. The third-order valence-electron chi connectivity index (χ3n) is 6.49. The minimum Gasteiger partial charge on any atom is -0.336 e. The zero-order chi connectivity index (χ0) is 21.9. The summed E-state index contributed by atoms with van der Waals surface area (Å²) in [5.41, 5.74) is 9.59. The lowest BCUT2D eigenvalue weighted by Crippen LogP contribution is -2.37. The molecule has 0 spiro atoms. The Morgan fingerprint density at radius 3 is 1.80 bits per heavy atom. The van der Waals surface area contributed by atoms with E-state index in [9.17, 15) is 0 Å². The van der Waals surface area contributed by atoms with E-state index in [4.69, 9.17) is 0 Å². The molecule has 1 aliphatic carbocycles. The largest absolute Gasteiger partial charge is 0.336 e. The van der Waals surface area contributed by atoms with Gasteiger partial charge in [0, 0.05) is 22.3 Å². The van der Waals surface area contributed by atoms with Gasteiger partial charge in [-0.2, -0.15) is 0 Å². The fraction of sp³-hybridized carbons (Fsp3) is 0.379. The Balaban J connectivity index is 1.83. The Labute approximate surface area is 182 Å². The highest BCUT2D eigenvalue weighted by molar-refractivity contribution is 5.83. The van der Waals surface area contributed by atoms with Crippen LogP contribution in [-0.2, 0) is 10.8 Å². The highest BCUT2D eigenvalue weighted by Gasteiger charge is 2.36. The summed E-state index contributed by atoms with van der Waals surface area (Å²) in [5.74, 6) is 0. The first-order valence-corrected chi connectivity index (χ1v) is 11.1. The molecule has 1 aliphatic rings. The van der Waals surface area contributed by atoms with Crippen LogP contribution in [0, 0.1) is 0 Å². The molecule has 1 nitrogen and oxygen atoms in total. The molecule has 0 radical (unpaired) electrons. The molecule has 0 fully saturated rings. The van der Waals surface area contributed by atoms with Gasteiger partial charge < -0.3 is 4.90 Å². The molecule has 0 unspecified atom stereocenters. The number of anilines is 2. The predicted octanol–water partition coefficient (Wildman–Crippen LogP) is 8.23. The maximum Gasteiger partial charge on any atom is 0.0419 e. The van der Waals surface area contributed by atoms with Gasteiger partial charge in [-0.15, -0.1) is 0 Å². The summed E-state index contributed by atoms with van der Waals surface area (Å²) in [5, 5.41) is 0. The molecule has 30 heavy (non-hydrogen) atoms. The Morgan fingerprint density at radius 2 is 1.20 bits per heavy atom. The Morgan fingerprint density at radius 1 is 0.633 bits per heavy atom. The average molecular weight is 398 g/mol. The molecule has 0 bridgehead atoms. The second-order valence-corrected chi connectivity index (χ2v) is 11.2. The van der Waals surface area contributed by atoms with Crippen LogP contribution in [0.3, 0.4) is 0 Å². The van der Waals surface area contributed by atoms with E-state index in [0.29, 0.717) is 0 Å². The van der Waals surface area contributed by atoms with E-state index in [1.807, 2.05) is 0 Å². The zero-order valence-corrected chi connectivity index (χ0v) is 19.8. The van der Waals surface area contributed by atoms with Gasteiger partial charge >= 0.3 is 0 Å². The van der Waals surface area contributed by atoms with E-state index < -0.39 is 0 Å². The molecule has 156 valence electrons. The smallest absolute Gasteiger partial charge is 0.0419 e. The van der Waals surface area contributed by atoms with Gasteiger partial charge in [0.2, 0.25) is 0 Å². The SMILES string of the molecule is CC(C)(C)c1ccc(N(c2ccc3c(c2)C(C)(C)c2ccccc2-3)C(C)(C)C)cc1. The van der Waals surface area contributed by atoms with Gasteiger partial charge in [0.25, 0.3) is 0 Å². The lowest BCUT2D eigenvalue weighted by molar-refractivity contribution is 0.558. The van der Waals surface area contributed by atoms with Crippen molar-refractivity contribution in [3.8, 4) is 11.1 Å². The van der Waals surface area contributed by atoms with Crippen LogP contribution < -0.4 is 4.90 Å². The highest BCUT2D eigenvalue weighted by atomic mass is 15.2. The molecule has 0 amide bonds. The predicted molar refractivity (Wildman–Crippen MR) is 131 cm³/mol. The van der Waals surface area contributed by atoms with Crippen molar-refractivity contribution < 1.29 is 0 Å². The van der Waals surface area contributed by atoms with Crippen molar-refractivity contribution in [1.82, 2.24) is 0 Å². The summed E-state index contributed by atoms with van der Waals surface area (Å²) in [6.07, 6.45) is 0. The molecule has 1 heteroatoms. The number of fused-ring (bicyclic) bond motifs is 3. The van der Waals surface area contributed by atoms with E-state index >= 15 is 0 Å². The molecule has 0 aromatic heterocycles. The van der Waals surface area contributed by atoms with Crippen LogP contribution >= 0.6 is 0 Å². The summed E-state index contributed by atoms with van der Waals surface area (Å²) in [6.45, 7) is 18.4. The van der Waals surface area contributed by atoms with Crippen LogP contribution in [0.15, 0.2) is 66.7 Å². The van der Waals surface area contributed by atoms with Crippen molar-refractivity contribution in [2.45, 2.75) is 71.8 Å². The molecule has 0 saturated carbocycles. The summed E-state index contributed by atoms with van der Waals surface area (Å²) in [4.78, 5) is 2.47. The number of hydrogen-bond donors (Lipinski definition) is 0. The third-order valence-corrected chi connectivity index (χ3v) is 6.49. The third kappa shape index (κ3) is 3.35. The lowest BCUT2D eigenvalue weighted by Gasteiger charge is -2.39. The topological polar surface area (TPSA) is 3.24 Å². The van der Waals surface area contributed by atoms with Gasteiger partial charge in [-0.3, -0.25) is 0 Å². The number of benzene rings is 3. The molecule has 3 aromatic rings. The van der Waals surface area contributed by atoms with Gasteiger partial charge in [-0.1, -0.05) is 77.1 Å². The fourth-order valence-electron chi connectivity index (χ4n) is 4.87. The van der Waals surface area contributed by atoms with Crippen LogP contribution in [0.1, 0.15) is 72.1 Å². The monoisotopic (exact) mass is 397 g/mol. The first-order valence-electron chi connectivity index (χ1n) is 11.1. The zero-order valence-electron chi connectivity index (χ0n) is 19.8. The summed E-state index contributed by atoms with van der Waals surface area (Å²) in [7, 11) is 0. The van der Waals surface area contributed by atoms with Crippen LogP contribution in [-0.4, -0.2) is 5.54 Å². The van der Waals surface area contributed by atoms with Gasteiger partial charge in [-0.25, -0.2) is 0 Å². The summed E-state index contributed by atoms with van der Waals surface area (Å²) < 4.78 is 0. The van der Waals surface area contributed by atoms with Crippen molar-refractivity contribution in [3.05, 3.63) is 83.4 Å². The lowest BCUT2D eigenvalue weighted by atomic mass is 9.82. The van der Waals surface area contributed by atoms with Crippen molar-refractivity contribution in [1.29, 1.82) is 0 Å². The van der Waals surface area contributed by atoms with E-state index in [-0.39, 0.29) is 16.4 Å². The average Bonchev–Trinajstić information content (AvgIpc) is 2.88. The molecular formula is C29H35N. The maximum absolute atomic E-state index is 2.47. The second kappa shape index (κ2) is 6.74. The molecule has 0 saturated heterocycles. The van der Waals surface area contributed by atoms with Gasteiger partial charge in [0.15, 0.2) is 0 Å². The Kier molecular flexibility index (Phi) is 4.65. The van der Waals surface area contributed by atoms with E-state index in [1.165, 1.54) is 39.2 Å². The standard InChI is InChI=1S/C29H35N/c1-27(2,3)20-13-15-21(16-14-20)30(28(4,5)6)22-17-18-24-23-11-9-10-12-25(23)29(7,8)26(24)19-22/h9-19H,1-8H3. The van der Waals surface area contributed by atoms with Crippen molar-refractivity contribution >= 4 is 11.4 Å². The minimum absolute atomic E-state index is 0.0155. The number of rotatable bonds is 2. The van der Waals surface area contributed by atoms with Crippen LogP contribution in [0.2, 0.25) is 0 Å². The Bertz CT molecular complexity index is 1070. The molecule has 0 heterocycles. The van der Waals surface area contributed by atoms with E-state index in [0.717, 1.165) is 0 Å². The van der Waals surface area contributed by atoms with Gasteiger partial charge in [0.1, 0.15) is 0 Å². The molecule has 0 atom stereocenters. The van der Waals surface area contributed by atoms with Crippen LogP contribution in [0.5, 0.6) is 0 Å². The van der Waals surface area contributed by atoms with E-state index in [1.54, 1.807) is 0 Å². The molecule has 0 N–H and O–H groups in total.